The van der Waals surface area contributed by atoms with Crippen LogP contribution in [0.4, 0.5) is 11.6 Å². The number of hydrogen-bond donors (Lipinski definition) is 2. The maximum absolute atomic E-state index is 12.2. The maximum Gasteiger partial charge on any atom is 0.267 e. The van der Waals surface area contributed by atoms with E-state index in [0.29, 0.717) is 0 Å². The van der Waals surface area contributed by atoms with Crippen molar-refractivity contribution in [2.75, 3.05) is 10.5 Å². The fourth-order valence-electron chi connectivity index (χ4n) is 1.39. The van der Waals surface area contributed by atoms with Crippen LogP contribution in [0.3, 0.4) is 0 Å². The predicted octanol–water partition coefficient (Wildman–Crippen LogP) is 2.17. The van der Waals surface area contributed by atoms with Crippen LogP contribution < -0.4 is 10.5 Å². The Balaban J connectivity index is 2.46. The minimum absolute atomic E-state index is 0.0547. The highest BCUT2D eigenvalue weighted by Crippen LogP contribution is 2.31. The molecule has 1 aromatic carbocycles. The second-order valence-electron chi connectivity index (χ2n) is 3.48. The highest BCUT2D eigenvalue weighted by molar-refractivity contribution is 7.93. The number of benzene rings is 1. The van der Waals surface area contributed by atoms with Gasteiger partial charge in [0, 0.05) is 17.4 Å². The molecule has 0 saturated carbocycles. The Morgan fingerprint density at radius 3 is 2.37 bits per heavy atom. The lowest BCUT2D eigenvalue weighted by Crippen LogP contribution is -2.17. The molecule has 0 bridgehead atoms. The highest BCUT2D eigenvalue weighted by atomic mass is 35.5. The van der Waals surface area contributed by atoms with Crippen LogP contribution in [0.15, 0.2) is 35.5 Å². The lowest BCUT2D eigenvalue weighted by molar-refractivity contribution is 0.601. The zero-order chi connectivity index (χ0) is 14.0. The molecule has 0 saturated heterocycles. The molecule has 0 amide bonds. The molecule has 0 atom stereocenters. The SMILES string of the molecule is Nc1cc(Cl)cc(Cl)c1S(=O)(=O)Nc1ncccn1. The fraction of sp³-hybridized carbons (Fsp3) is 0. The van der Waals surface area contributed by atoms with Gasteiger partial charge >= 0.3 is 0 Å². The number of nitrogens with zero attached hydrogens (tertiary/aromatic N) is 2. The van der Waals surface area contributed by atoms with E-state index in [0.717, 1.165) is 0 Å². The Morgan fingerprint density at radius 2 is 1.79 bits per heavy atom. The predicted molar refractivity (Wildman–Crippen MR) is 73.7 cm³/mol. The molecule has 1 heterocycles. The van der Waals surface area contributed by atoms with Crippen LogP contribution in [-0.4, -0.2) is 18.4 Å². The number of nitrogens with two attached hydrogens (primary N) is 1. The van der Waals surface area contributed by atoms with Gasteiger partial charge in [-0.25, -0.2) is 23.1 Å². The summed E-state index contributed by atoms with van der Waals surface area (Å²) in [5, 5.41) is 0.172. The number of halogens is 2. The van der Waals surface area contributed by atoms with Crippen molar-refractivity contribution >= 4 is 44.9 Å². The van der Waals surface area contributed by atoms with Crippen molar-refractivity contribution in [2.24, 2.45) is 0 Å². The van der Waals surface area contributed by atoms with E-state index < -0.39 is 10.0 Å². The zero-order valence-electron chi connectivity index (χ0n) is 9.34. The average molecular weight is 319 g/mol. The van der Waals surface area contributed by atoms with Crippen LogP contribution in [-0.2, 0) is 10.0 Å². The molecule has 1 aromatic heterocycles. The van der Waals surface area contributed by atoms with E-state index in [1.165, 1.54) is 24.5 Å². The normalized spacial score (nSPS) is 11.3. The Bertz CT molecular complexity index is 684. The van der Waals surface area contributed by atoms with Gasteiger partial charge in [0.15, 0.2) is 0 Å². The summed E-state index contributed by atoms with van der Waals surface area (Å²) in [6.45, 7) is 0. The highest BCUT2D eigenvalue weighted by Gasteiger charge is 2.22. The minimum atomic E-state index is -3.98. The molecule has 0 aliphatic rings. The first kappa shape index (κ1) is 13.9. The number of hydrogen-bond acceptors (Lipinski definition) is 5. The van der Waals surface area contributed by atoms with Crippen molar-refractivity contribution in [1.29, 1.82) is 0 Å². The van der Waals surface area contributed by atoms with Gasteiger partial charge < -0.3 is 5.73 Å². The van der Waals surface area contributed by atoms with Crippen molar-refractivity contribution in [1.82, 2.24) is 9.97 Å². The molecule has 0 spiro atoms. The van der Waals surface area contributed by atoms with Crippen molar-refractivity contribution < 1.29 is 8.42 Å². The Labute approximate surface area is 119 Å². The minimum Gasteiger partial charge on any atom is -0.398 e. The maximum atomic E-state index is 12.2. The van der Waals surface area contributed by atoms with Gasteiger partial charge in [-0.05, 0) is 18.2 Å². The molecule has 0 unspecified atom stereocenters. The smallest absolute Gasteiger partial charge is 0.267 e. The summed E-state index contributed by atoms with van der Waals surface area (Å²) in [5.41, 5.74) is 5.58. The van der Waals surface area contributed by atoms with Gasteiger partial charge in [0.05, 0.1) is 10.7 Å². The molecule has 100 valence electrons. The van der Waals surface area contributed by atoms with Gasteiger partial charge in [0.1, 0.15) is 4.90 Å². The molecule has 2 rings (SSSR count). The molecule has 0 aliphatic heterocycles. The number of aromatic nitrogens is 2. The molecule has 2 aromatic rings. The summed E-state index contributed by atoms with van der Waals surface area (Å²) in [6, 6.07) is 4.15. The molecule has 6 nitrogen and oxygen atoms in total. The van der Waals surface area contributed by atoms with E-state index in [-0.39, 0.29) is 26.6 Å². The lowest BCUT2D eigenvalue weighted by Gasteiger charge is -2.10. The summed E-state index contributed by atoms with van der Waals surface area (Å²) in [6.07, 6.45) is 2.80. The van der Waals surface area contributed by atoms with Crippen LogP contribution in [0.5, 0.6) is 0 Å². The summed E-state index contributed by atoms with van der Waals surface area (Å²) in [5.74, 6) is -0.0760. The third kappa shape index (κ3) is 3.06. The van der Waals surface area contributed by atoms with E-state index in [2.05, 4.69) is 14.7 Å². The monoisotopic (exact) mass is 318 g/mol. The summed E-state index contributed by atoms with van der Waals surface area (Å²) in [7, 11) is -3.98. The number of rotatable bonds is 3. The van der Waals surface area contributed by atoms with Crippen molar-refractivity contribution in [3.8, 4) is 0 Å². The third-order valence-corrected chi connectivity index (χ3v) is 4.17. The van der Waals surface area contributed by atoms with E-state index in [1.807, 2.05) is 0 Å². The average Bonchev–Trinajstić information content (AvgIpc) is 2.27. The van der Waals surface area contributed by atoms with Crippen LogP contribution in [0.1, 0.15) is 0 Å². The number of sulfonamides is 1. The molecular formula is C10H8Cl2N4O2S. The number of anilines is 2. The van der Waals surface area contributed by atoms with Crippen LogP contribution in [0.2, 0.25) is 10.0 Å². The van der Waals surface area contributed by atoms with Gasteiger partial charge in [-0.1, -0.05) is 23.2 Å². The van der Waals surface area contributed by atoms with Crippen molar-refractivity contribution in [3.63, 3.8) is 0 Å². The molecular weight excluding hydrogens is 311 g/mol. The first-order chi connectivity index (χ1) is 8.90. The molecule has 9 heteroatoms. The number of nitrogen functional groups attached to an aromatic ring is 1. The summed E-state index contributed by atoms with van der Waals surface area (Å²) >= 11 is 11.6. The Kier molecular flexibility index (Phi) is 3.79. The topological polar surface area (TPSA) is 98.0 Å². The van der Waals surface area contributed by atoms with E-state index >= 15 is 0 Å². The summed E-state index contributed by atoms with van der Waals surface area (Å²) in [4.78, 5) is 7.25. The Morgan fingerprint density at radius 1 is 1.16 bits per heavy atom. The third-order valence-electron chi connectivity index (χ3n) is 2.10. The van der Waals surface area contributed by atoms with Crippen LogP contribution >= 0.6 is 23.2 Å². The summed E-state index contributed by atoms with van der Waals surface area (Å²) < 4.78 is 26.5. The van der Waals surface area contributed by atoms with Crippen molar-refractivity contribution in [2.45, 2.75) is 4.90 Å². The van der Waals surface area contributed by atoms with Gasteiger partial charge in [0.2, 0.25) is 5.95 Å². The quantitative estimate of drug-likeness (QED) is 0.845. The van der Waals surface area contributed by atoms with E-state index in [9.17, 15) is 8.42 Å². The van der Waals surface area contributed by atoms with Gasteiger partial charge in [-0.15, -0.1) is 0 Å². The van der Waals surface area contributed by atoms with Crippen LogP contribution in [0.25, 0.3) is 0 Å². The Hall–Kier alpha value is -1.57. The van der Waals surface area contributed by atoms with E-state index in [1.54, 1.807) is 6.07 Å². The van der Waals surface area contributed by atoms with Gasteiger partial charge in [0.25, 0.3) is 10.0 Å². The first-order valence-electron chi connectivity index (χ1n) is 4.94. The van der Waals surface area contributed by atoms with Gasteiger partial charge in [-0.3, -0.25) is 0 Å². The second kappa shape index (κ2) is 5.20. The standard InChI is InChI=1S/C10H8Cl2N4O2S/c11-6-4-7(12)9(8(13)5-6)19(17,18)16-10-14-2-1-3-15-10/h1-5H,13H2,(H,14,15,16). The first-order valence-corrected chi connectivity index (χ1v) is 7.18. The molecule has 0 radical (unpaired) electrons. The molecule has 0 aliphatic carbocycles. The largest absolute Gasteiger partial charge is 0.398 e. The number of nitrogens with one attached hydrogen (secondary N) is 1. The lowest BCUT2D eigenvalue weighted by atomic mass is 10.3. The van der Waals surface area contributed by atoms with Gasteiger partial charge in [-0.2, -0.15) is 0 Å². The van der Waals surface area contributed by atoms with E-state index in [4.69, 9.17) is 28.9 Å². The zero-order valence-corrected chi connectivity index (χ0v) is 11.7. The molecule has 3 N–H and O–H groups in total. The fourth-order valence-corrected chi connectivity index (χ4v) is 3.33. The second-order valence-corrected chi connectivity index (χ2v) is 5.95. The van der Waals surface area contributed by atoms with Crippen LogP contribution in [0, 0.1) is 0 Å². The molecule has 19 heavy (non-hydrogen) atoms. The van der Waals surface area contributed by atoms with Crippen molar-refractivity contribution in [3.05, 3.63) is 40.6 Å². The molecule has 0 fully saturated rings.